The molecule has 0 radical (unpaired) electrons. The van der Waals surface area contributed by atoms with Gasteiger partial charge in [0.2, 0.25) is 0 Å². The van der Waals surface area contributed by atoms with Crippen LogP contribution in [0.3, 0.4) is 0 Å². The summed E-state index contributed by atoms with van der Waals surface area (Å²) >= 11 is 0. The number of amides is 2. The van der Waals surface area contributed by atoms with Crippen LogP contribution in [-0.4, -0.2) is 47.5 Å². The van der Waals surface area contributed by atoms with Gasteiger partial charge in [-0.15, -0.1) is 0 Å². The number of aliphatic carboxylic acids is 1. The third-order valence-electron chi connectivity index (χ3n) is 4.55. The lowest BCUT2D eigenvalue weighted by molar-refractivity contribution is -0.137. The molecule has 2 amide bonds. The van der Waals surface area contributed by atoms with E-state index < -0.39 is 12.1 Å². The highest BCUT2D eigenvalue weighted by Crippen LogP contribution is 2.28. The molecule has 146 valence electrons. The predicted octanol–water partition coefficient (Wildman–Crippen LogP) is 2.57. The monoisotopic (exact) mass is 382 g/mol. The van der Waals surface area contributed by atoms with Crippen molar-refractivity contribution >= 4 is 23.5 Å². The summed E-state index contributed by atoms with van der Waals surface area (Å²) in [7, 11) is 1.62. The lowest BCUT2D eigenvalue weighted by Crippen LogP contribution is -2.31. The minimum absolute atomic E-state index is 0.0114. The molecule has 0 aliphatic carbocycles. The van der Waals surface area contributed by atoms with E-state index in [9.17, 15) is 14.4 Å². The molecule has 2 aromatic carbocycles. The first-order valence-electron chi connectivity index (χ1n) is 9.07. The summed E-state index contributed by atoms with van der Waals surface area (Å²) in [6.45, 7) is 0.343. The highest BCUT2D eigenvalue weighted by atomic mass is 16.5. The van der Waals surface area contributed by atoms with Crippen LogP contribution in [0.1, 0.15) is 28.8 Å². The van der Waals surface area contributed by atoms with Gasteiger partial charge in [-0.2, -0.15) is 0 Å². The van der Waals surface area contributed by atoms with Crippen molar-refractivity contribution in [2.24, 2.45) is 0 Å². The van der Waals surface area contributed by atoms with Crippen LogP contribution < -0.4 is 10.1 Å². The summed E-state index contributed by atoms with van der Waals surface area (Å²) in [6, 6.07) is 14.2. The fourth-order valence-corrected chi connectivity index (χ4v) is 3.07. The molecule has 28 heavy (non-hydrogen) atoms. The summed E-state index contributed by atoms with van der Waals surface area (Å²) in [5, 5.41) is 11.5. The Balaban J connectivity index is 1.59. The SMILES string of the molecule is CN(CCCC(=O)O)C(=O)c1cccc(NC(=O)C2Cc3ccccc3O2)c1. The van der Waals surface area contributed by atoms with Crippen LogP contribution in [0.15, 0.2) is 48.5 Å². The number of para-hydroxylation sites is 1. The molecule has 3 rings (SSSR count). The highest BCUT2D eigenvalue weighted by Gasteiger charge is 2.28. The van der Waals surface area contributed by atoms with Crippen molar-refractivity contribution in [1.29, 1.82) is 0 Å². The third-order valence-corrected chi connectivity index (χ3v) is 4.55. The number of rotatable bonds is 7. The Morgan fingerprint density at radius 3 is 2.71 bits per heavy atom. The second-order valence-corrected chi connectivity index (χ2v) is 6.71. The van der Waals surface area contributed by atoms with Gasteiger partial charge in [-0.1, -0.05) is 24.3 Å². The lowest BCUT2D eigenvalue weighted by atomic mass is 10.1. The maximum Gasteiger partial charge on any atom is 0.303 e. The number of fused-ring (bicyclic) bond motifs is 1. The van der Waals surface area contributed by atoms with Crippen molar-refractivity contribution in [1.82, 2.24) is 4.90 Å². The topological polar surface area (TPSA) is 95.9 Å². The van der Waals surface area contributed by atoms with Crippen molar-refractivity contribution < 1.29 is 24.2 Å². The number of carbonyl (C=O) groups excluding carboxylic acids is 2. The largest absolute Gasteiger partial charge is 0.481 e. The van der Waals surface area contributed by atoms with E-state index >= 15 is 0 Å². The number of ether oxygens (including phenoxy) is 1. The van der Waals surface area contributed by atoms with E-state index in [1.165, 1.54) is 4.90 Å². The molecule has 7 heteroatoms. The van der Waals surface area contributed by atoms with Crippen molar-refractivity contribution in [2.75, 3.05) is 18.9 Å². The van der Waals surface area contributed by atoms with Crippen LogP contribution >= 0.6 is 0 Å². The Kier molecular flexibility index (Phi) is 5.93. The van der Waals surface area contributed by atoms with Gasteiger partial charge in [0, 0.05) is 37.7 Å². The van der Waals surface area contributed by atoms with Crippen LogP contribution in [0.4, 0.5) is 5.69 Å². The first kappa shape index (κ1) is 19.4. The average Bonchev–Trinajstić information content (AvgIpc) is 3.11. The van der Waals surface area contributed by atoms with Gasteiger partial charge >= 0.3 is 5.97 Å². The summed E-state index contributed by atoms with van der Waals surface area (Å²) in [5.41, 5.74) is 1.93. The molecular weight excluding hydrogens is 360 g/mol. The molecule has 1 heterocycles. The van der Waals surface area contributed by atoms with Crippen LogP contribution in [0.25, 0.3) is 0 Å². The molecule has 7 nitrogen and oxygen atoms in total. The molecule has 2 N–H and O–H groups in total. The minimum atomic E-state index is -0.887. The summed E-state index contributed by atoms with van der Waals surface area (Å²) in [6.07, 6.45) is 0.299. The minimum Gasteiger partial charge on any atom is -0.481 e. The second-order valence-electron chi connectivity index (χ2n) is 6.71. The fourth-order valence-electron chi connectivity index (χ4n) is 3.07. The van der Waals surface area contributed by atoms with Crippen molar-refractivity contribution in [3.05, 3.63) is 59.7 Å². The van der Waals surface area contributed by atoms with E-state index in [2.05, 4.69) is 5.32 Å². The molecule has 0 saturated carbocycles. The van der Waals surface area contributed by atoms with Gasteiger partial charge in [-0.05, 0) is 36.2 Å². The average molecular weight is 382 g/mol. The summed E-state index contributed by atoms with van der Waals surface area (Å²) < 4.78 is 5.69. The number of anilines is 1. The van der Waals surface area contributed by atoms with Crippen molar-refractivity contribution in [2.45, 2.75) is 25.4 Å². The molecule has 0 bridgehead atoms. The highest BCUT2D eigenvalue weighted by molar-refractivity contribution is 5.98. The molecule has 1 aliphatic rings. The zero-order valence-electron chi connectivity index (χ0n) is 15.6. The normalized spacial score (nSPS) is 14.7. The van der Waals surface area contributed by atoms with Gasteiger partial charge in [-0.3, -0.25) is 14.4 Å². The number of nitrogens with zero attached hydrogens (tertiary/aromatic N) is 1. The number of carbonyl (C=O) groups is 3. The quantitative estimate of drug-likeness (QED) is 0.767. The number of carboxylic acids is 1. The van der Waals surface area contributed by atoms with Gasteiger partial charge in [0.1, 0.15) is 5.75 Å². The number of benzene rings is 2. The molecular formula is C21H22N2O5. The zero-order valence-corrected chi connectivity index (χ0v) is 15.6. The van der Waals surface area contributed by atoms with Crippen molar-refractivity contribution in [3.8, 4) is 5.75 Å². The number of hydrogen-bond donors (Lipinski definition) is 2. The number of carboxylic acid groups (broad SMARTS) is 1. The molecule has 1 aliphatic heterocycles. The van der Waals surface area contributed by atoms with E-state index in [1.807, 2.05) is 24.3 Å². The first-order valence-corrected chi connectivity index (χ1v) is 9.07. The second kappa shape index (κ2) is 8.56. The Morgan fingerprint density at radius 2 is 1.96 bits per heavy atom. The standard InChI is InChI=1S/C21H22N2O5/c1-23(11-5-10-19(24)25)21(27)15-7-4-8-16(12-15)22-20(26)18-13-14-6-2-3-9-17(14)28-18/h2-4,6-9,12,18H,5,10-11,13H2,1H3,(H,22,26)(H,24,25). The van der Waals surface area contributed by atoms with Gasteiger partial charge in [0.05, 0.1) is 0 Å². The predicted molar refractivity (Wildman–Crippen MR) is 103 cm³/mol. The number of hydrogen-bond acceptors (Lipinski definition) is 4. The van der Waals surface area contributed by atoms with Gasteiger partial charge < -0.3 is 20.1 Å². The number of nitrogens with one attached hydrogen (secondary N) is 1. The molecule has 1 atom stereocenters. The molecule has 0 spiro atoms. The van der Waals surface area contributed by atoms with Crippen LogP contribution in [0, 0.1) is 0 Å². The maximum atomic E-state index is 12.5. The molecule has 0 saturated heterocycles. The van der Waals surface area contributed by atoms with Crippen LogP contribution in [0.5, 0.6) is 5.75 Å². The Labute approximate surface area is 162 Å². The van der Waals surface area contributed by atoms with E-state index in [1.54, 1.807) is 31.3 Å². The van der Waals surface area contributed by atoms with Crippen LogP contribution in [0.2, 0.25) is 0 Å². The Hall–Kier alpha value is -3.35. The van der Waals surface area contributed by atoms with E-state index in [0.29, 0.717) is 30.6 Å². The van der Waals surface area contributed by atoms with E-state index in [4.69, 9.17) is 9.84 Å². The van der Waals surface area contributed by atoms with E-state index in [0.717, 1.165) is 11.3 Å². The van der Waals surface area contributed by atoms with Gasteiger partial charge in [0.15, 0.2) is 6.10 Å². The van der Waals surface area contributed by atoms with Crippen molar-refractivity contribution in [3.63, 3.8) is 0 Å². The Morgan fingerprint density at radius 1 is 1.18 bits per heavy atom. The fraction of sp³-hybridized carbons (Fsp3) is 0.286. The lowest BCUT2D eigenvalue weighted by Gasteiger charge is -2.17. The molecule has 0 aromatic heterocycles. The molecule has 0 fully saturated rings. The van der Waals surface area contributed by atoms with Gasteiger partial charge in [0.25, 0.3) is 11.8 Å². The van der Waals surface area contributed by atoms with E-state index in [-0.39, 0.29) is 18.2 Å². The molecule has 2 aromatic rings. The Bertz CT molecular complexity index is 871. The van der Waals surface area contributed by atoms with Gasteiger partial charge in [-0.25, -0.2) is 0 Å². The van der Waals surface area contributed by atoms with Crippen LogP contribution in [-0.2, 0) is 16.0 Å². The smallest absolute Gasteiger partial charge is 0.303 e. The summed E-state index contributed by atoms with van der Waals surface area (Å²) in [4.78, 5) is 37.1. The summed E-state index contributed by atoms with van der Waals surface area (Å²) in [5.74, 6) is -0.668. The maximum absolute atomic E-state index is 12.5. The third kappa shape index (κ3) is 4.68. The first-order chi connectivity index (χ1) is 13.4. The molecule has 1 unspecified atom stereocenters. The zero-order chi connectivity index (χ0) is 20.1.